The average molecular weight is 255 g/mol. The molecule has 18 heavy (non-hydrogen) atoms. The van der Waals surface area contributed by atoms with E-state index in [0.29, 0.717) is 0 Å². The van der Waals surface area contributed by atoms with Gasteiger partial charge in [-0.15, -0.1) is 0 Å². The molecule has 0 rings (SSSR count). The standard InChI is InChI=1S/C18H38/c1-6-8-10-12-16(3)14-15-18(5)17(4)13-11-9-7-2/h16-18H,6-15H2,1-5H3. The zero-order valence-electron chi connectivity index (χ0n) is 13.8. The molecule has 0 N–H and O–H groups in total. The van der Waals surface area contributed by atoms with E-state index in [9.17, 15) is 0 Å². The van der Waals surface area contributed by atoms with Gasteiger partial charge in [0.15, 0.2) is 0 Å². The summed E-state index contributed by atoms with van der Waals surface area (Å²) in [6.45, 7) is 12.0. The van der Waals surface area contributed by atoms with Crippen LogP contribution < -0.4 is 0 Å². The smallest absolute Gasteiger partial charge is 0.0417 e. The van der Waals surface area contributed by atoms with Crippen LogP contribution in [0.2, 0.25) is 0 Å². The van der Waals surface area contributed by atoms with E-state index in [4.69, 9.17) is 0 Å². The first kappa shape index (κ1) is 18.0. The van der Waals surface area contributed by atoms with Crippen molar-refractivity contribution in [3.63, 3.8) is 0 Å². The van der Waals surface area contributed by atoms with Crippen LogP contribution in [0.25, 0.3) is 0 Å². The Kier molecular flexibility index (Phi) is 12.1. The number of rotatable bonds is 12. The molecule has 110 valence electrons. The highest BCUT2D eigenvalue weighted by atomic mass is 14.2. The number of hydrogen-bond donors (Lipinski definition) is 0. The van der Waals surface area contributed by atoms with Crippen LogP contribution in [0, 0.1) is 17.8 Å². The Morgan fingerprint density at radius 2 is 1.06 bits per heavy atom. The van der Waals surface area contributed by atoms with Crippen molar-refractivity contribution < 1.29 is 0 Å². The van der Waals surface area contributed by atoms with Gasteiger partial charge in [0.05, 0.1) is 0 Å². The number of unbranched alkanes of at least 4 members (excludes halogenated alkanes) is 4. The summed E-state index contributed by atoms with van der Waals surface area (Å²) in [7, 11) is 0. The van der Waals surface area contributed by atoms with Crippen molar-refractivity contribution in [1.29, 1.82) is 0 Å². The van der Waals surface area contributed by atoms with Crippen molar-refractivity contribution in [3.8, 4) is 0 Å². The van der Waals surface area contributed by atoms with Crippen molar-refractivity contribution in [1.82, 2.24) is 0 Å². The molecular weight excluding hydrogens is 216 g/mol. The number of hydrogen-bond acceptors (Lipinski definition) is 0. The monoisotopic (exact) mass is 254 g/mol. The fourth-order valence-corrected chi connectivity index (χ4v) is 2.72. The Morgan fingerprint density at radius 1 is 0.556 bits per heavy atom. The van der Waals surface area contributed by atoms with Gasteiger partial charge in [0.2, 0.25) is 0 Å². The lowest BCUT2D eigenvalue weighted by Crippen LogP contribution is -2.10. The normalized spacial score (nSPS) is 16.5. The minimum absolute atomic E-state index is 0.926. The summed E-state index contributed by atoms with van der Waals surface area (Å²) in [5.41, 5.74) is 0. The maximum Gasteiger partial charge on any atom is -0.0417 e. The van der Waals surface area contributed by atoms with E-state index >= 15 is 0 Å². The molecule has 0 aliphatic heterocycles. The zero-order valence-corrected chi connectivity index (χ0v) is 13.8. The molecule has 0 aromatic carbocycles. The van der Waals surface area contributed by atoms with E-state index in [1.807, 2.05) is 0 Å². The van der Waals surface area contributed by atoms with Gasteiger partial charge in [0, 0.05) is 0 Å². The first-order valence-corrected chi connectivity index (χ1v) is 8.61. The van der Waals surface area contributed by atoms with E-state index in [1.54, 1.807) is 0 Å². The molecule has 0 bridgehead atoms. The van der Waals surface area contributed by atoms with Crippen LogP contribution in [0.3, 0.4) is 0 Å². The Morgan fingerprint density at radius 3 is 1.61 bits per heavy atom. The molecule has 0 heteroatoms. The highest BCUT2D eigenvalue weighted by molar-refractivity contribution is 4.65. The summed E-state index contributed by atoms with van der Waals surface area (Å²) >= 11 is 0. The highest BCUT2D eigenvalue weighted by Crippen LogP contribution is 2.25. The predicted octanol–water partition coefficient (Wildman–Crippen LogP) is 6.84. The Bertz CT molecular complexity index is 161. The third-order valence-corrected chi connectivity index (χ3v) is 4.65. The molecule has 0 amide bonds. The molecule has 0 saturated carbocycles. The van der Waals surface area contributed by atoms with Gasteiger partial charge in [-0.3, -0.25) is 0 Å². The predicted molar refractivity (Wildman–Crippen MR) is 85.0 cm³/mol. The summed E-state index contributed by atoms with van der Waals surface area (Å²) in [5.74, 6) is 2.80. The molecule has 0 aliphatic rings. The lowest BCUT2D eigenvalue weighted by atomic mass is 9.85. The Labute approximate surface area is 117 Å². The molecule has 0 saturated heterocycles. The topological polar surface area (TPSA) is 0 Å². The van der Waals surface area contributed by atoms with Gasteiger partial charge in [-0.05, 0) is 17.8 Å². The van der Waals surface area contributed by atoms with E-state index in [-0.39, 0.29) is 0 Å². The average Bonchev–Trinajstić information content (AvgIpc) is 2.36. The molecule has 0 aliphatic carbocycles. The lowest BCUT2D eigenvalue weighted by molar-refractivity contribution is 0.303. The van der Waals surface area contributed by atoms with Gasteiger partial charge in [-0.1, -0.05) is 98.8 Å². The van der Waals surface area contributed by atoms with Crippen molar-refractivity contribution in [2.75, 3.05) is 0 Å². The third-order valence-electron chi connectivity index (χ3n) is 4.65. The van der Waals surface area contributed by atoms with Crippen LogP contribution in [0.15, 0.2) is 0 Å². The molecule has 3 unspecified atom stereocenters. The maximum absolute atomic E-state index is 2.47. The summed E-state index contributed by atoms with van der Waals surface area (Å²) in [5, 5.41) is 0. The third kappa shape index (κ3) is 9.97. The van der Waals surface area contributed by atoms with Gasteiger partial charge < -0.3 is 0 Å². The van der Waals surface area contributed by atoms with Gasteiger partial charge in [0.25, 0.3) is 0 Å². The summed E-state index contributed by atoms with van der Waals surface area (Å²) < 4.78 is 0. The highest BCUT2D eigenvalue weighted by Gasteiger charge is 2.13. The quantitative estimate of drug-likeness (QED) is 0.335. The van der Waals surface area contributed by atoms with E-state index in [2.05, 4.69) is 34.6 Å². The minimum atomic E-state index is 0.926. The van der Waals surface area contributed by atoms with Crippen LogP contribution in [0.1, 0.15) is 98.8 Å². The molecule has 0 radical (unpaired) electrons. The van der Waals surface area contributed by atoms with E-state index < -0.39 is 0 Å². The molecule has 0 aromatic heterocycles. The largest absolute Gasteiger partial charge is 0.0654 e. The van der Waals surface area contributed by atoms with Crippen LogP contribution >= 0.6 is 0 Å². The minimum Gasteiger partial charge on any atom is -0.0654 e. The first-order valence-electron chi connectivity index (χ1n) is 8.61. The second-order valence-corrected chi connectivity index (χ2v) is 6.63. The molecule has 0 nitrogen and oxygen atoms in total. The summed E-state index contributed by atoms with van der Waals surface area (Å²) in [6, 6.07) is 0. The molecule has 0 spiro atoms. The fraction of sp³-hybridized carbons (Fsp3) is 1.00. The Hall–Kier alpha value is 0. The van der Waals surface area contributed by atoms with Gasteiger partial charge >= 0.3 is 0 Å². The second kappa shape index (κ2) is 12.1. The maximum atomic E-state index is 2.47. The van der Waals surface area contributed by atoms with Gasteiger partial charge in [-0.25, -0.2) is 0 Å². The second-order valence-electron chi connectivity index (χ2n) is 6.63. The van der Waals surface area contributed by atoms with Crippen molar-refractivity contribution in [2.24, 2.45) is 17.8 Å². The lowest BCUT2D eigenvalue weighted by Gasteiger charge is -2.21. The van der Waals surface area contributed by atoms with Crippen molar-refractivity contribution in [2.45, 2.75) is 98.8 Å². The molecule has 3 atom stereocenters. The van der Waals surface area contributed by atoms with Crippen molar-refractivity contribution in [3.05, 3.63) is 0 Å². The SMILES string of the molecule is CCCCCC(C)CCC(C)C(C)CCCCC. The van der Waals surface area contributed by atoms with Gasteiger partial charge in [-0.2, -0.15) is 0 Å². The zero-order chi connectivity index (χ0) is 13.8. The summed E-state index contributed by atoms with van der Waals surface area (Å²) in [6.07, 6.45) is 14.2. The van der Waals surface area contributed by atoms with Crippen LogP contribution in [-0.4, -0.2) is 0 Å². The Balaban J connectivity index is 3.57. The fourth-order valence-electron chi connectivity index (χ4n) is 2.72. The summed E-state index contributed by atoms with van der Waals surface area (Å²) in [4.78, 5) is 0. The molecular formula is C18H38. The molecule has 0 aromatic rings. The van der Waals surface area contributed by atoms with Crippen LogP contribution in [0.5, 0.6) is 0 Å². The first-order chi connectivity index (χ1) is 8.61. The van der Waals surface area contributed by atoms with Gasteiger partial charge in [0.1, 0.15) is 0 Å². The van der Waals surface area contributed by atoms with Crippen LogP contribution in [0.4, 0.5) is 0 Å². The molecule has 0 heterocycles. The van der Waals surface area contributed by atoms with Crippen LogP contribution in [-0.2, 0) is 0 Å². The van der Waals surface area contributed by atoms with E-state index in [1.165, 1.54) is 64.2 Å². The van der Waals surface area contributed by atoms with E-state index in [0.717, 1.165) is 17.8 Å². The molecule has 0 fully saturated rings. The van der Waals surface area contributed by atoms with Crippen molar-refractivity contribution >= 4 is 0 Å².